The van der Waals surface area contributed by atoms with Crippen molar-refractivity contribution in [2.45, 2.75) is 78.3 Å². The monoisotopic (exact) mass is 240 g/mol. The van der Waals surface area contributed by atoms with E-state index in [4.69, 9.17) is 0 Å². The van der Waals surface area contributed by atoms with E-state index in [2.05, 4.69) is 45.3 Å². The minimum absolute atomic E-state index is 0.246. The third-order valence-electron chi connectivity index (χ3n) is 3.49. The van der Waals surface area contributed by atoms with Crippen molar-refractivity contribution in [3.05, 3.63) is 0 Å². The molecule has 0 bridgehead atoms. The second-order valence-electron chi connectivity index (χ2n) is 7.48. The lowest BCUT2D eigenvalue weighted by atomic mass is 9.82. The van der Waals surface area contributed by atoms with Crippen LogP contribution in [0.3, 0.4) is 0 Å². The van der Waals surface area contributed by atoms with Crippen LogP contribution >= 0.6 is 0 Å². The molecule has 0 atom stereocenters. The Morgan fingerprint density at radius 2 is 1.53 bits per heavy atom. The second-order valence-corrected chi connectivity index (χ2v) is 7.48. The van der Waals surface area contributed by atoms with Crippen molar-refractivity contribution in [3.63, 3.8) is 0 Å². The van der Waals surface area contributed by atoms with Gasteiger partial charge in [0.1, 0.15) is 0 Å². The molecule has 2 N–H and O–H groups in total. The Kier molecular flexibility index (Phi) is 5.46. The van der Waals surface area contributed by atoms with Crippen LogP contribution in [0.15, 0.2) is 0 Å². The van der Waals surface area contributed by atoms with E-state index in [0.29, 0.717) is 5.41 Å². The average molecular weight is 240 g/mol. The van der Waals surface area contributed by atoms with E-state index in [0.717, 1.165) is 19.1 Å². The van der Waals surface area contributed by atoms with Gasteiger partial charge in [-0.1, -0.05) is 33.6 Å². The molecule has 1 aliphatic rings. The molecule has 0 saturated heterocycles. The normalized spacial score (nSPS) is 18.9. The van der Waals surface area contributed by atoms with Crippen molar-refractivity contribution in [1.82, 2.24) is 10.6 Å². The molecular weight excluding hydrogens is 208 g/mol. The Morgan fingerprint density at radius 1 is 0.941 bits per heavy atom. The van der Waals surface area contributed by atoms with Crippen LogP contribution in [0.5, 0.6) is 0 Å². The summed E-state index contributed by atoms with van der Waals surface area (Å²) >= 11 is 0. The summed E-state index contributed by atoms with van der Waals surface area (Å²) in [5, 5.41) is 7.33. The molecule has 17 heavy (non-hydrogen) atoms. The molecule has 1 saturated carbocycles. The highest BCUT2D eigenvalue weighted by Gasteiger charge is 2.24. The Bertz CT molecular complexity index is 209. The molecule has 0 unspecified atom stereocenters. The Hall–Kier alpha value is -0.0800. The molecule has 0 aromatic heterocycles. The number of hydrogen-bond donors (Lipinski definition) is 2. The first-order chi connectivity index (χ1) is 7.79. The van der Waals surface area contributed by atoms with Crippen LogP contribution in [0.2, 0.25) is 0 Å². The zero-order chi connectivity index (χ0) is 12.9. The Morgan fingerprint density at radius 3 is 2.06 bits per heavy atom. The van der Waals surface area contributed by atoms with Crippen molar-refractivity contribution in [3.8, 4) is 0 Å². The predicted molar refractivity (Wildman–Crippen MR) is 76.4 cm³/mol. The van der Waals surface area contributed by atoms with Gasteiger partial charge in [0.15, 0.2) is 0 Å². The quantitative estimate of drug-likeness (QED) is 0.696. The summed E-state index contributed by atoms with van der Waals surface area (Å²) in [5.74, 6) is 0. The molecule has 0 aromatic carbocycles. The van der Waals surface area contributed by atoms with Gasteiger partial charge in [0, 0.05) is 24.7 Å². The number of rotatable bonds is 6. The van der Waals surface area contributed by atoms with Crippen molar-refractivity contribution < 1.29 is 0 Å². The minimum Gasteiger partial charge on any atom is -0.313 e. The van der Waals surface area contributed by atoms with E-state index in [1.165, 1.54) is 32.1 Å². The molecule has 0 spiro atoms. The molecule has 102 valence electrons. The highest BCUT2D eigenvalue weighted by Crippen LogP contribution is 2.26. The SMILES string of the molecule is CC(C)(C)CC(C)(C)NCCNC1CCCC1. The van der Waals surface area contributed by atoms with Crippen molar-refractivity contribution in [2.24, 2.45) is 5.41 Å². The highest BCUT2D eigenvalue weighted by atomic mass is 15.0. The van der Waals surface area contributed by atoms with Crippen LogP contribution in [0.25, 0.3) is 0 Å². The Labute approximate surface area is 108 Å². The van der Waals surface area contributed by atoms with Gasteiger partial charge in [-0.3, -0.25) is 0 Å². The van der Waals surface area contributed by atoms with Crippen molar-refractivity contribution in [1.29, 1.82) is 0 Å². The van der Waals surface area contributed by atoms with E-state index in [9.17, 15) is 0 Å². The van der Waals surface area contributed by atoms with E-state index in [1.807, 2.05) is 0 Å². The first kappa shape index (κ1) is 15.0. The summed E-state index contributed by atoms with van der Waals surface area (Å²) in [6.45, 7) is 13.8. The first-order valence-corrected chi connectivity index (χ1v) is 7.27. The van der Waals surface area contributed by atoms with E-state index >= 15 is 0 Å². The maximum atomic E-state index is 3.68. The van der Waals surface area contributed by atoms with Crippen LogP contribution in [-0.2, 0) is 0 Å². The van der Waals surface area contributed by atoms with Gasteiger partial charge in [-0.15, -0.1) is 0 Å². The topological polar surface area (TPSA) is 24.1 Å². The molecule has 1 aliphatic carbocycles. The third kappa shape index (κ3) is 7.05. The van der Waals surface area contributed by atoms with Gasteiger partial charge < -0.3 is 10.6 Å². The summed E-state index contributed by atoms with van der Waals surface area (Å²) in [5.41, 5.74) is 0.644. The zero-order valence-electron chi connectivity index (χ0n) is 12.5. The number of nitrogens with one attached hydrogen (secondary N) is 2. The van der Waals surface area contributed by atoms with Gasteiger partial charge in [0.05, 0.1) is 0 Å². The van der Waals surface area contributed by atoms with Gasteiger partial charge >= 0.3 is 0 Å². The van der Waals surface area contributed by atoms with Crippen LogP contribution in [0, 0.1) is 5.41 Å². The van der Waals surface area contributed by atoms with Crippen LogP contribution in [0.4, 0.5) is 0 Å². The zero-order valence-corrected chi connectivity index (χ0v) is 12.5. The van der Waals surface area contributed by atoms with Crippen molar-refractivity contribution >= 4 is 0 Å². The largest absolute Gasteiger partial charge is 0.313 e. The molecule has 2 heteroatoms. The Balaban J connectivity index is 2.11. The number of hydrogen-bond acceptors (Lipinski definition) is 2. The summed E-state index contributed by atoms with van der Waals surface area (Å²) in [7, 11) is 0. The van der Waals surface area contributed by atoms with Gasteiger partial charge in [-0.05, 0) is 38.5 Å². The minimum atomic E-state index is 0.246. The predicted octanol–water partition coefficient (Wildman–Crippen LogP) is 3.32. The van der Waals surface area contributed by atoms with E-state index in [1.54, 1.807) is 0 Å². The molecule has 0 aliphatic heterocycles. The van der Waals surface area contributed by atoms with Crippen molar-refractivity contribution in [2.75, 3.05) is 13.1 Å². The summed E-state index contributed by atoms with van der Waals surface area (Å²) < 4.78 is 0. The lowest BCUT2D eigenvalue weighted by molar-refractivity contribution is 0.242. The highest BCUT2D eigenvalue weighted by molar-refractivity contribution is 4.83. The lowest BCUT2D eigenvalue weighted by Gasteiger charge is -2.33. The average Bonchev–Trinajstić information content (AvgIpc) is 2.60. The molecule has 0 amide bonds. The fraction of sp³-hybridized carbons (Fsp3) is 1.00. The maximum absolute atomic E-state index is 3.68. The second kappa shape index (κ2) is 6.19. The van der Waals surface area contributed by atoms with Gasteiger partial charge in [0.2, 0.25) is 0 Å². The molecule has 0 heterocycles. The summed E-state index contributed by atoms with van der Waals surface area (Å²) in [6.07, 6.45) is 6.81. The smallest absolute Gasteiger partial charge is 0.0130 e. The fourth-order valence-corrected chi connectivity index (χ4v) is 3.20. The van der Waals surface area contributed by atoms with Gasteiger partial charge in [0.25, 0.3) is 0 Å². The molecule has 1 fully saturated rings. The summed E-state index contributed by atoms with van der Waals surface area (Å²) in [6, 6.07) is 0.794. The van der Waals surface area contributed by atoms with Crippen LogP contribution in [-0.4, -0.2) is 24.7 Å². The lowest BCUT2D eigenvalue weighted by Crippen LogP contribution is -2.46. The molecule has 1 rings (SSSR count). The maximum Gasteiger partial charge on any atom is 0.0130 e. The molecule has 2 nitrogen and oxygen atoms in total. The van der Waals surface area contributed by atoms with E-state index < -0.39 is 0 Å². The van der Waals surface area contributed by atoms with Gasteiger partial charge in [-0.25, -0.2) is 0 Å². The third-order valence-corrected chi connectivity index (χ3v) is 3.49. The fourth-order valence-electron chi connectivity index (χ4n) is 3.20. The van der Waals surface area contributed by atoms with Crippen LogP contribution < -0.4 is 10.6 Å². The molecule has 0 radical (unpaired) electrons. The summed E-state index contributed by atoms with van der Waals surface area (Å²) in [4.78, 5) is 0. The van der Waals surface area contributed by atoms with Gasteiger partial charge in [-0.2, -0.15) is 0 Å². The first-order valence-electron chi connectivity index (χ1n) is 7.27. The van der Waals surface area contributed by atoms with Crippen LogP contribution in [0.1, 0.15) is 66.7 Å². The molecular formula is C15H32N2. The standard InChI is InChI=1S/C15H32N2/c1-14(2,3)12-15(4,5)17-11-10-16-13-8-6-7-9-13/h13,16-17H,6-12H2,1-5H3. The van der Waals surface area contributed by atoms with E-state index in [-0.39, 0.29) is 5.54 Å². The molecule has 0 aromatic rings.